The Bertz CT molecular complexity index is 827. The molecule has 3 rings (SSSR count). The standard InChI is InChI=1S/C17H16N2O3S/c1-2-22-13-7-8-14-15(10-13)23-17(18-14)19-16(21)9-11-3-5-12(20)6-4-11/h3-8,10,20H,2,9H2,1H3,(H,18,19,21). The summed E-state index contributed by atoms with van der Waals surface area (Å²) in [6.07, 6.45) is 0.237. The molecule has 0 radical (unpaired) electrons. The van der Waals surface area contributed by atoms with E-state index in [1.165, 1.54) is 11.3 Å². The van der Waals surface area contributed by atoms with Gasteiger partial charge in [-0.2, -0.15) is 0 Å². The van der Waals surface area contributed by atoms with Gasteiger partial charge in [-0.1, -0.05) is 23.5 Å². The van der Waals surface area contributed by atoms with Crippen molar-refractivity contribution in [2.24, 2.45) is 0 Å². The van der Waals surface area contributed by atoms with Crippen molar-refractivity contribution in [1.29, 1.82) is 0 Å². The van der Waals surface area contributed by atoms with Gasteiger partial charge in [0, 0.05) is 0 Å². The monoisotopic (exact) mass is 328 g/mol. The Kier molecular flexibility index (Phi) is 4.43. The highest BCUT2D eigenvalue weighted by Gasteiger charge is 2.09. The first kappa shape index (κ1) is 15.3. The van der Waals surface area contributed by atoms with Crippen LogP contribution in [0.3, 0.4) is 0 Å². The van der Waals surface area contributed by atoms with E-state index in [-0.39, 0.29) is 18.1 Å². The van der Waals surface area contributed by atoms with E-state index in [1.807, 2.05) is 25.1 Å². The number of aromatic nitrogens is 1. The molecule has 0 saturated carbocycles. The summed E-state index contributed by atoms with van der Waals surface area (Å²) in [6, 6.07) is 12.3. The molecule has 0 aliphatic rings. The SMILES string of the molecule is CCOc1ccc2nc(NC(=O)Cc3ccc(O)cc3)sc2c1. The second-order valence-electron chi connectivity index (χ2n) is 4.97. The Hall–Kier alpha value is -2.60. The quantitative estimate of drug-likeness (QED) is 0.751. The summed E-state index contributed by atoms with van der Waals surface area (Å²) < 4.78 is 6.43. The zero-order valence-corrected chi connectivity index (χ0v) is 13.4. The number of ether oxygens (including phenoxy) is 1. The molecule has 23 heavy (non-hydrogen) atoms. The van der Waals surface area contributed by atoms with Gasteiger partial charge in [-0.25, -0.2) is 4.98 Å². The highest BCUT2D eigenvalue weighted by molar-refractivity contribution is 7.22. The van der Waals surface area contributed by atoms with Crippen molar-refractivity contribution in [3.8, 4) is 11.5 Å². The minimum Gasteiger partial charge on any atom is -0.508 e. The number of aromatic hydroxyl groups is 1. The van der Waals surface area contributed by atoms with Gasteiger partial charge in [-0.3, -0.25) is 4.79 Å². The van der Waals surface area contributed by atoms with Gasteiger partial charge in [0.1, 0.15) is 11.5 Å². The summed E-state index contributed by atoms with van der Waals surface area (Å²) in [7, 11) is 0. The van der Waals surface area contributed by atoms with E-state index in [9.17, 15) is 9.90 Å². The average Bonchev–Trinajstić information content (AvgIpc) is 2.91. The molecule has 0 aliphatic heterocycles. The summed E-state index contributed by atoms with van der Waals surface area (Å²) >= 11 is 1.42. The zero-order chi connectivity index (χ0) is 16.2. The van der Waals surface area contributed by atoms with E-state index in [0.717, 1.165) is 21.5 Å². The first-order chi connectivity index (χ1) is 11.1. The fourth-order valence-corrected chi connectivity index (χ4v) is 3.09. The number of nitrogens with zero attached hydrogens (tertiary/aromatic N) is 1. The van der Waals surface area contributed by atoms with Gasteiger partial charge in [-0.15, -0.1) is 0 Å². The van der Waals surface area contributed by atoms with Crippen LogP contribution in [-0.4, -0.2) is 22.6 Å². The van der Waals surface area contributed by atoms with Crippen LogP contribution in [0.4, 0.5) is 5.13 Å². The lowest BCUT2D eigenvalue weighted by molar-refractivity contribution is -0.115. The van der Waals surface area contributed by atoms with Gasteiger partial charge < -0.3 is 15.2 Å². The number of fused-ring (bicyclic) bond motifs is 1. The summed E-state index contributed by atoms with van der Waals surface area (Å²) in [5, 5.41) is 12.6. The van der Waals surface area contributed by atoms with Crippen LogP contribution in [0.2, 0.25) is 0 Å². The van der Waals surface area contributed by atoms with Crippen LogP contribution < -0.4 is 10.1 Å². The molecule has 2 N–H and O–H groups in total. The molecule has 1 heterocycles. The first-order valence-corrected chi connectivity index (χ1v) is 8.07. The Morgan fingerprint density at radius 3 is 2.78 bits per heavy atom. The largest absolute Gasteiger partial charge is 0.508 e. The maximum Gasteiger partial charge on any atom is 0.230 e. The third kappa shape index (κ3) is 3.78. The van der Waals surface area contributed by atoms with Crippen molar-refractivity contribution in [3.63, 3.8) is 0 Å². The van der Waals surface area contributed by atoms with Gasteiger partial charge in [-0.05, 0) is 42.8 Å². The van der Waals surface area contributed by atoms with Crippen molar-refractivity contribution in [1.82, 2.24) is 4.98 Å². The number of thiazole rings is 1. The highest BCUT2D eigenvalue weighted by Crippen LogP contribution is 2.29. The van der Waals surface area contributed by atoms with Crippen LogP contribution in [0.25, 0.3) is 10.2 Å². The Morgan fingerprint density at radius 1 is 1.26 bits per heavy atom. The molecule has 0 atom stereocenters. The van der Waals surface area contributed by atoms with Crippen molar-refractivity contribution < 1.29 is 14.6 Å². The van der Waals surface area contributed by atoms with Crippen molar-refractivity contribution >= 4 is 32.6 Å². The predicted molar refractivity (Wildman–Crippen MR) is 91.2 cm³/mol. The Balaban J connectivity index is 1.70. The Morgan fingerprint density at radius 2 is 2.04 bits per heavy atom. The molecule has 0 bridgehead atoms. The van der Waals surface area contributed by atoms with E-state index in [2.05, 4.69) is 10.3 Å². The van der Waals surface area contributed by atoms with Crippen molar-refractivity contribution in [2.75, 3.05) is 11.9 Å². The number of phenols is 1. The molecular formula is C17H16N2O3S. The van der Waals surface area contributed by atoms with E-state index in [4.69, 9.17) is 4.74 Å². The number of nitrogens with one attached hydrogen (secondary N) is 1. The minimum absolute atomic E-state index is 0.139. The highest BCUT2D eigenvalue weighted by atomic mass is 32.1. The number of phenolic OH excluding ortho intramolecular Hbond substituents is 1. The van der Waals surface area contributed by atoms with E-state index in [0.29, 0.717) is 11.7 Å². The second kappa shape index (κ2) is 6.66. The molecule has 6 heteroatoms. The number of benzene rings is 2. The number of rotatable bonds is 5. The summed E-state index contributed by atoms with van der Waals surface area (Å²) in [5.74, 6) is 0.843. The van der Waals surface area contributed by atoms with E-state index in [1.54, 1.807) is 24.3 Å². The summed E-state index contributed by atoms with van der Waals surface area (Å²) in [5.41, 5.74) is 1.67. The molecule has 0 spiro atoms. The van der Waals surface area contributed by atoms with Gasteiger partial charge in [0.05, 0.1) is 23.2 Å². The van der Waals surface area contributed by atoms with Crippen LogP contribution in [0.1, 0.15) is 12.5 Å². The minimum atomic E-state index is -0.139. The van der Waals surface area contributed by atoms with E-state index < -0.39 is 0 Å². The molecule has 0 aliphatic carbocycles. The third-order valence-corrected chi connectivity index (χ3v) is 4.15. The zero-order valence-electron chi connectivity index (χ0n) is 12.6. The van der Waals surface area contributed by atoms with Crippen LogP contribution >= 0.6 is 11.3 Å². The molecule has 1 aromatic heterocycles. The van der Waals surface area contributed by atoms with Gasteiger partial charge >= 0.3 is 0 Å². The van der Waals surface area contributed by atoms with Gasteiger partial charge in [0.2, 0.25) is 5.91 Å². The first-order valence-electron chi connectivity index (χ1n) is 7.25. The molecule has 0 unspecified atom stereocenters. The van der Waals surface area contributed by atoms with Crippen LogP contribution in [0, 0.1) is 0 Å². The number of anilines is 1. The molecule has 5 nitrogen and oxygen atoms in total. The molecule has 1 amide bonds. The molecule has 0 saturated heterocycles. The Labute approximate surface area is 137 Å². The molecule has 3 aromatic rings. The van der Waals surface area contributed by atoms with Crippen LogP contribution in [0.15, 0.2) is 42.5 Å². The van der Waals surface area contributed by atoms with Crippen molar-refractivity contribution in [2.45, 2.75) is 13.3 Å². The molecule has 118 valence electrons. The molecule has 0 fully saturated rings. The smallest absolute Gasteiger partial charge is 0.230 e. The maximum atomic E-state index is 12.1. The van der Waals surface area contributed by atoms with Gasteiger partial charge in [0.15, 0.2) is 5.13 Å². The lowest BCUT2D eigenvalue weighted by atomic mass is 10.1. The number of amides is 1. The topological polar surface area (TPSA) is 71.5 Å². The van der Waals surface area contributed by atoms with Crippen LogP contribution in [0.5, 0.6) is 11.5 Å². The summed E-state index contributed by atoms with van der Waals surface area (Å²) in [4.78, 5) is 16.5. The van der Waals surface area contributed by atoms with Crippen molar-refractivity contribution in [3.05, 3.63) is 48.0 Å². The second-order valence-corrected chi connectivity index (χ2v) is 6.00. The fraction of sp³-hybridized carbons (Fsp3) is 0.176. The third-order valence-electron chi connectivity index (χ3n) is 3.22. The number of carbonyl (C=O) groups is 1. The fourth-order valence-electron chi connectivity index (χ4n) is 2.18. The molecular weight excluding hydrogens is 312 g/mol. The predicted octanol–water partition coefficient (Wildman–Crippen LogP) is 3.58. The van der Waals surface area contributed by atoms with Crippen LogP contribution in [-0.2, 0) is 11.2 Å². The maximum absolute atomic E-state index is 12.1. The number of carbonyl (C=O) groups excluding carboxylic acids is 1. The lowest BCUT2D eigenvalue weighted by Gasteiger charge is -2.02. The normalized spacial score (nSPS) is 10.7. The number of hydrogen-bond donors (Lipinski definition) is 2. The average molecular weight is 328 g/mol. The van der Waals surface area contributed by atoms with Gasteiger partial charge in [0.25, 0.3) is 0 Å². The van der Waals surface area contributed by atoms with E-state index >= 15 is 0 Å². The molecule has 2 aromatic carbocycles. The number of hydrogen-bond acceptors (Lipinski definition) is 5. The summed E-state index contributed by atoms with van der Waals surface area (Å²) in [6.45, 7) is 2.55. The lowest BCUT2D eigenvalue weighted by Crippen LogP contribution is -2.14.